The lowest BCUT2D eigenvalue weighted by molar-refractivity contribution is 0.398. The number of rotatable bonds is 26. The highest BCUT2D eigenvalue weighted by Crippen LogP contribution is 2.55. The monoisotopic (exact) mass is 676 g/mol. The molecular weight excluding hydrogens is 607 g/mol. The van der Waals surface area contributed by atoms with E-state index in [0.717, 1.165) is 24.0 Å². The van der Waals surface area contributed by atoms with Gasteiger partial charge in [0.25, 0.3) is 0 Å². The van der Waals surface area contributed by atoms with Crippen LogP contribution < -0.4 is 0 Å². The Bertz CT molecular complexity index is 1530. The first kappa shape index (κ1) is 38.3. The zero-order valence-corrected chi connectivity index (χ0v) is 32.3. The Morgan fingerprint density at radius 1 is 0.460 bits per heavy atom. The summed E-state index contributed by atoms with van der Waals surface area (Å²) >= 11 is 0. The van der Waals surface area contributed by atoms with Crippen molar-refractivity contribution < 1.29 is 0 Å². The highest BCUT2D eigenvalue weighted by atomic mass is 15.5. The zero-order chi connectivity index (χ0) is 34.9. The summed E-state index contributed by atoms with van der Waals surface area (Å²) in [7, 11) is 0. The Morgan fingerprint density at radius 2 is 0.980 bits per heavy atom. The average Bonchev–Trinajstić information content (AvgIpc) is 3.69. The summed E-state index contributed by atoms with van der Waals surface area (Å²) < 4.78 is 0. The Kier molecular flexibility index (Phi) is 15.9. The van der Waals surface area contributed by atoms with Gasteiger partial charge in [-0.2, -0.15) is 15.0 Å². The van der Waals surface area contributed by atoms with Crippen molar-refractivity contribution in [1.29, 1.82) is 0 Å². The Morgan fingerprint density at radius 3 is 1.60 bits per heavy atom. The fourth-order valence-corrected chi connectivity index (χ4v) is 8.75. The quantitative estimate of drug-likeness (QED) is 0.0620. The first-order chi connectivity index (χ1) is 24.7. The van der Waals surface area contributed by atoms with Gasteiger partial charge in [-0.25, -0.2) is 0 Å². The van der Waals surface area contributed by atoms with Gasteiger partial charge < -0.3 is 0 Å². The molecule has 0 bridgehead atoms. The minimum atomic E-state index is 0.0957. The van der Waals surface area contributed by atoms with Gasteiger partial charge in [-0.05, 0) is 59.2 Å². The topological polar surface area (TPSA) is 30.7 Å². The van der Waals surface area contributed by atoms with Crippen LogP contribution in [-0.4, -0.2) is 15.0 Å². The maximum atomic E-state index is 5.11. The van der Waals surface area contributed by atoms with Crippen LogP contribution in [0.1, 0.15) is 186 Å². The van der Waals surface area contributed by atoms with Gasteiger partial charge in [-0.15, -0.1) is 0 Å². The van der Waals surface area contributed by atoms with E-state index in [0.29, 0.717) is 0 Å². The minimum Gasteiger partial charge on any atom is -0.184 e. The lowest BCUT2D eigenvalue weighted by atomic mass is 9.70. The van der Waals surface area contributed by atoms with Crippen molar-refractivity contribution in [3.05, 3.63) is 71.8 Å². The van der Waals surface area contributed by atoms with Crippen LogP contribution in [0.15, 0.2) is 60.7 Å². The molecule has 1 heterocycles. The molecule has 0 atom stereocenters. The Labute approximate surface area is 306 Å². The number of benzene rings is 3. The smallest absolute Gasteiger partial charge is 0.121 e. The predicted molar refractivity (Wildman–Crippen MR) is 217 cm³/mol. The third-order valence-electron chi connectivity index (χ3n) is 11.7. The lowest BCUT2D eigenvalue weighted by Gasteiger charge is -2.33. The second-order valence-corrected chi connectivity index (χ2v) is 15.6. The Hall–Kier alpha value is -2.94. The average molecular weight is 676 g/mol. The molecule has 0 unspecified atom stereocenters. The van der Waals surface area contributed by atoms with E-state index in [1.165, 1.54) is 170 Å². The second kappa shape index (κ2) is 20.8. The molecule has 1 aliphatic rings. The molecule has 50 heavy (non-hydrogen) atoms. The molecule has 0 saturated heterocycles. The SMILES string of the molecule is CCCCCCCCCCCCn1nc2cccc(-c3ccc4c(c3)C(CCCCCCCC)(CCCCCCCC)c3ccccc3-4)c2n1. The van der Waals surface area contributed by atoms with E-state index in [2.05, 4.69) is 81.4 Å². The van der Waals surface area contributed by atoms with Crippen molar-refractivity contribution in [1.82, 2.24) is 15.0 Å². The van der Waals surface area contributed by atoms with Gasteiger partial charge >= 0.3 is 0 Å². The number of aryl methyl sites for hydroxylation is 1. The summed E-state index contributed by atoms with van der Waals surface area (Å²) in [5.74, 6) is 0. The van der Waals surface area contributed by atoms with E-state index >= 15 is 0 Å². The molecule has 0 saturated carbocycles. The summed E-state index contributed by atoms with van der Waals surface area (Å²) in [6.45, 7) is 7.84. The van der Waals surface area contributed by atoms with E-state index < -0.39 is 0 Å². The molecule has 3 heteroatoms. The van der Waals surface area contributed by atoms with E-state index in [9.17, 15) is 0 Å². The summed E-state index contributed by atoms with van der Waals surface area (Å²) in [6, 6.07) is 23.3. The van der Waals surface area contributed by atoms with Crippen LogP contribution in [-0.2, 0) is 12.0 Å². The van der Waals surface area contributed by atoms with Gasteiger partial charge in [0.15, 0.2) is 0 Å². The van der Waals surface area contributed by atoms with Crippen LogP contribution in [0.4, 0.5) is 0 Å². The van der Waals surface area contributed by atoms with Gasteiger partial charge in [0.2, 0.25) is 0 Å². The fourth-order valence-electron chi connectivity index (χ4n) is 8.75. The molecule has 3 aromatic carbocycles. The van der Waals surface area contributed by atoms with Crippen LogP contribution >= 0.6 is 0 Å². The molecule has 272 valence electrons. The van der Waals surface area contributed by atoms with E-state index in [1.807, 2.05) is 4.80 Å². The summed E-state index contributed by atoms with van der Waals surface area (Å²) in [5, 5.41) is 10.1. The molecular formula is C47H69N3. The van der Waals surface area contributed by atoms with E-state index in [4.69, 9.17) is 10.2 Å². The third kappa shape index (κ3) is 10.1. The van der Waals surface area contributed by atoms with Gasteiger partial charge in [0.1, 0.15) is 11.0 Å². The molecule has 1 aliphatic carbocycles. The number of nitrogens with zero attached hydrogens (tertiary/aromatic N) is 3. The molecule has 1 aromatic heterocycles. The highest BCUT2D eigenvalue weighted by Gasteiger charge is 2.42. The van der Waals surface area contributed by atoms with Crippen molar-refractivity contribution in [3.63, 3.8) is 0 Å². The maximum absolute atomic E-state index is 5.11. The van der Waals surface area contributed by atoms with Gasteiger partial charge in [-0.3, -0.25) is 0 Å². The molecule has 0 amide bonds. The molecule has 0 radical (unpaired) electrons. The summed E-state index contributed by atoms with van der Waals surface area (Å²) in [5.41, 5.74) is 10.7. The number of fused-ring (bicyclic) bond motifs is 4. The molecule has 0 fully saturated rings. The van der Waals surface area contributed by atoms with Crippen molar-refractivity contribution in [2.75, 3.05) is 0 Å². The minimum absolute atomic E-state index is 0.0957. The third-order valence-corrected chi connectivity index (χ3v) is 11.7. The highest BCUT2D eigenvalue weighted by molar-refractivity contribution is 5.93. The zero-order valence-electron chi connectivity index (χ0n) is 32.3. The fraction of sp³-hybridized carbons (Fsp3) is 0.617. The van der Waals surface area contributed by atoms with Crippen molar-refractivity contribution in [2.45, 2.75) is 187 Å². The normalized spacial score (nSPS) is 13.3. The predicted octanol–water partition coefficient (Wildman–Crippen LogP) is 14.8. The molecule has 4 aromatic rings. The first-order valence-corrected chi connectivity index (χ1v) is 21.3. The standard InChI is InChI=1S/C47H69N3/c1-4-7-10-13-16-17-18-19-22-27-37-50-48-45-32-28-30-40(46(45)49-50)39-33-34-42-41-29-23-24-31-43(41)47(44(42)38-39,35-25-20-14-11-8-5-2)36-26-21-15-12-9-6-3/h23-24,28-34,38H,4-22,25-27,35-37H2,1-3H3. The van der Waals surface area contributed by atoms with E-state index in [1.54, 1.807) is 11.1 Å². The van der Waals surface area contributed by atoms with Crippen LogP contribution in [0.2, 0.25) is 0 Å². The molecule has 3 nitrogen and oxygen atoms in total. The number of hydrogen-bond acceptors (Lipinski definition) is 2. The number of hydrogen-bond donors (Lipinski definition) is 0. The molecule has 5 rings (SSSR count). The van der Waals surface area contributed by atoms with Gasteiger partial charge in [0, 0.05) is 11.0 Å². The largest absolute Gasteiger partial charge is 0.184 e. The number of unbranched alkanes of at least 4 members (excludes halogenated alkanes) is 19. The van der Waals surface area contributed by atoms with Crippen LogP contribution in [0.3, 0.4) is 0 Å². The molecule has 0 spiro atoms. The van der Waals surface area contributed by atoms with Gasteiger partial charge in [-0.1, -0.05) is 204 Å². The first-order valence-electron chi connectivity index (χ1n) is 21.3. The van der Waals surface area contributed by atoms with Crippen molar-refractivity contribution in [2.24, 2.45) is 0 Å². The maximum Gasteiger partial charge on any atom is 0.121 e. The lowest BCUT2D eigenvalue weighted by Crippen LogP contribution is -2.25. The summed E-state index contributed by atoms with van der Waals surface area (Å²) in [6.07, 6.45) is 32.1. The summed E-state index contributed by atoms with van der Waals surface area (Å²) in [4.78, 5) is 1.98. The van der Waals surface area contributed by atoms with Gasteiger partial charge in [0.05, 0.1) is 6.54 Å². The number of aromatic nitrogens is 3. The Balaban J connectivity index is 1.33. The van der Waals surface area contributed by atoms with Crippen molar-refractivity contribution in [3.8, 4) is 22.3 Å². The van der Waals surface area contributed by atoms with Crippen LogP contribution in [0.5, 0.6) is 0 Å². The molecule has 0 N–H and O–H groups in total. The van der Waals surface area contributed by atoms with Crippen molar-refractivity contribution >= 4 is 11.0 Å². The van der Waals surface area contributed by atoms with Crippen LogP contribution in [0, 0.1) is 0 Å². The van der Waals surface area contributed by atoms with Crippen LogP contribution in [0.25, 0.3) is 33.3 Å². The second-order valence-electron chi connectivity index (χ2n) is 15.6. The van der Waals surface area contributed by atoms with E-state index in [-0.39, 0.29) is 5.41 Å². The molecule has 0 aliphatic heterocycles.